The van der Waals surface area contributed by atoms with Gasteiger partial charge in [0.2, 0.25) is 12.4 Å². The zero-order chi connectivity index (χ0) is 18.5. The van der Waals surface area contributed by atoms with Crippen LogP contribution in [-0.2, 0) is 5.41 Å². The summed E-state index contributed by atoms with van der Waals surface area (Å²) in [6, 6.07) is 36.2. The molecule has 3 aromatic carbocycles. The highest BCUT2D eigenvalue weighted by Gasteiger charge is 2.40. The van der Waals surface area contributed by atoms with Gasteiger partial charge in [0, 0.05) is 16.4 Å². The molecule has 27 heavy (non-hydrogen) atoms. The highest BCUT2D eigenvalue weighted by Crippen LogP contribution is 2.44. The fourth-order valence-electron chi connectivity index (χ4n) is 3.85. The maximum absolute atomic E-state index is 5.47. The Bertz CT molecular complexity index is 901. The topological polar surface area (TPSA) is 13.1 Å². The molecule has 0 bridgehead atoms. The predicted molar refractivity (Wildman–Crippen MR) is 107 cm³/mol. The first-order chi connectivity index (χ1) is 13.4. The maximum Gasteiger partial charge on any atom is 0.227 e. The van der Waals surface area contributed by atoms with Crippen molar-refractivity contribution in [3.63, 3.8) is 0 Å². The third-order valence-electron chi connectivity index (χ3n) is 5.04. The number of aromatic nitrogens is 1. The molecule has 0 aliphatic carbocycles. The van der Waals surface area contributed by atoms with Crippen LogP contribution in [-0.4, -0.2) is 7.11 Å². The number of hydrogen-bond donors (Lipinski definition) is 0. The van der Waals surface area contributed by atoms with E-state index in [1.165, 1.54) is 16.7 Å². The second-order valence-corrected chi connectivity index (χ2v) is 6.48. The molecule has 4 rings (SSSR count). The minimum atomic E-state index is -0.439. The Balaban J connectivity index is 2.12. The van der Waals surface area contributed by atoms with Crippen molar-refractivity contribution in [3.8, 4) is 0 Å². The van der Waals surface area contributed by atoms with Crippen molar-refractivity contribution in [2.45, 2.75) is 5.41 Å². The van der Waals surface area contributed by atoms with Crippen LogP contribution in [0.15, 0.2) is 116 Å². The summed E-state index contributed by atoms with van der Waals surface area (Å²) in [4.78, 5) is 5.47. The molecular formula is C25H22NO+. The molecule has 4 aromatic rings. The Kier molecular flexibility index (Phi) is 4.71. The van der Waals surface area contributed by atoms with Crippen LogP contribution in [0, 0.1) is 0 Å². The zero-order valence-corrected chi connectivity index (χ0v) is 15.3. The predicted octanol–water partition coefficient (Wildman–Crippen LogP) is 4.42. The van der Waals surface area contributed by atoms with Crippen LogP contribution in [0.3, 0.4) is 0 Å². The molecule has 0 radical (unpaired) electrons. The smallest absolute Gasteiger partial charge is 0.227 e. The highest BCUT2D eigenvalue weighted by atomic mass is 16.6. The summed E-state index contributed by atoms with van der Waals surface area (Å²) < 4.78 is 1.75. The van der Waals surface area contributed by atoms with Gasteiger partial charge in [-0.2, -0.15) is 0 Å². The Labute approximate surface area is 160 Å². The number of nitrogens with zero attached hydrogens (tertiary/aromatic N) is 1. The Morgan fingerprint density at radius 1 is 0.556 bits per heavy atom. The molecule has 0 saturated carbocycles. The highest BCUT2D eigenvalue weighted by molar-refractivity contribution is 5.58. The number of rotatable bonds is 5. The number of benzene rings is 3. The van der Waals surface area contributed by atoms with Crippen molar-refractivity contribution in [1.29, 1.82) is 0 Å². The van der Waals surface area contributed by atoms with Crippen molar-refractivity contribution in [1.82, 2.24) is 0 Å². The van der Waals surface area contributed by atoms with Gasteiger partial charge in [-0.3, -0.25) is 4.84 Å². The van der Waals surface area contributed by atoms with E-state index < -0.39 is 5.41 Å². The van der Waals surface area contributed by atoms with E-state index in [0.717, 1.165) is 5.56 Å². The molecule has 0 atom stereocenters. The van der Waals surface area contributed by atoms with Crippen LogP contribution in [0.25, 0.3) is 0 Å². The van der Waals surface area contributed by atoms with Gasteiger partial charge < -0.3 is 0 Å². The van der Waals surface area contributed by atoms with Gasteiger partial charge in [0.15, 0.2) is 0 Å². The first-order valence-electron chi connectivity index (χ1n) is 9.08. The van der Waals surface area contributed by atoms with Gasteiger partial charge in [-0.05, 0) is 22.8 Å². The summed E-state index contributed by atoms with van der Waals surface area (Å²) in [5.74, 6) is 0. The third-order valence-corrected chi connectivity index (χ3v) is 5.04. The monoisotopic (exact) mass is 352 g/mol. The molecule has 0 aliphatic rings. The lowest BCUT2D eigenvalue weighted by Crippen LogP contribution is -2.42. The van der Waals surface area contributed by atoms with E-state index in [2.05, 4.69) is 103 Å². The summed E-state index contributed by atoms with van der Waals surface area (Å²) in [5, 5.41) is 0. The normalized spacial score (nSPS) is 11.1. The average Bonchev–Trinajstić information content (AvgIpc) is 2.77. The maximum atomic E-state index is 5.47. The van der Waals surface area contributed by atoms with E-state index in [4.69, 9.17) is 4.84 Å². The standard InChI is InChI=1S/C25H22NO/c1-27-26-19-11-18-24(20-26)25(21-12-5-2-6-13-21,22-14-7-3-8-15-22)23-16-9-4-10-17-23/h2-20H,1H3/q+1. The molecular weight excluding hydrogens is 330 g/mol. The fourth-order valence-corrected chi connectivity index (χ4v) is 3.85. The second kappa shape index (κ2) is 7.46. The lowest BCUT2D eigenvalue weighted by atomic mass is 9.65. The molecule has 0 fully saturated rings. The van der Waals surface area contributed by atoms with E-state index in [-0.39, 0.29) is 0 Å². The van der Waals surface area contributed by atoms with Gasteiger partial charge in [-0.1, -0.05) is 91.0 Å². The molecule has 1 heterocycles. The minimum Gasteiger partial charge on any atom is -0.275 e. The van der Waals surface area contributed by atoms with E-state index >= 15 is 0 Å². The van der Waals surface area contributed by atoms with Crippen molar-refractivity contribution in [2.75, 3.05) is 7.11 Å². The van der Waals surface area contributed by atoms with Crippen molar-refractivity contribution in [3.05, 3.63) is 138 Å². The van der Waals surface area contributed by atoms with Crippen molar-refractivity contribution in [2.24, 2.45) is 0 Å². The molecule has 0 N–H and O–H groups in total. The van der Waals surface area contributed by atoms with Gasteiger partial charge in [0.1, 0.15) is 7.11 Å². The largest absolute Gasteiger partial charge is 0.275 e. The Morgan fingerprint density at radius 3 is 1.37 bits per heavy atom. The average molecular weight is 352 g/mol. The van der Waals surface area contributed by atoms with Crippen molar-refractivity contribution >= 4 is 0 Å². The van der Waals surface area contributed by atoms with Crippen LogP contribution in [0.2, 0.25) is 0 Å². The van der Waals surface area contributed by atoms with Gasteiger partial charge in [-0.25, -0.2) is 0 Å². The number of pyridine rings is 1. The molecule has 0 spiro atoms. The van der Waals surface area contributed by atoms with Crippen molar-refractivity contribution < 1.29 is 9.57 Å². The van der Waals surface area contributed by atoms with E-state index in [1.807, 2.05) is 12.3 Å². The quantitative estimate of drug-likeness (QED) is 0.383. The molecule has 0 amide bonds. The van der Waals surface area contributed by atoms with Gasteiger partial charge in [-0.15, -0.1) is 0 Å². The molecule has 132 valence electrons. The SMILES string of the molecule is CO[n+]1cccc(C(c2ccccc2)(c2ccccc2)c2ccccc2)c1. The first-order valence-corrected chi connectivity index (χ1v) is 9.08. The van der Waals surface area contributed by atoms with Crippen LogP contribution < -0.4 is 9.57 Å². The summed E-state index contributed by atoms with van der Waals surface area (Å²) >= 11 is 0. The van der Waals surface area contributed by atoms with Gasteiger partial charge >= 0.3 is 0 Å². The molecule has 2 nitrogen and oxygen atoms in total. The molecule has 0 saturated heterocycles. The number of hydrogen-bond acceptors (Lipinski definition) is 1. The summed E-state index contributed by atoms with van der Waals surface area (Å²) in [6.45, 7) is 0. The Morgan fingerprint density at radius 2 is 0.963 bits per heavy atom. The molecule has 1 aromatic heterocycles. The summed E-state index contributed by atoms with van der Waals surface area (Å²) in [7, 11) is 1.68. The lowest BCUT2D eigenvalue weighted by molar-refractivity contribution is -0.885. The Hall–Kier alpha value is -3.39. The lowest BCUT2D eigenvalue weighted by Gasteiger charge is -2.35. The van der Waals surface area contributed by atoms with Crippen LogP contribution >= 0.6 is 0 Å². The first kappa shape index (κ1) is 17.0. The van der Waals surface area contributed by atoms with E-state index in [1.54, 1.807) is 11.8 Å². The van der Waals surface area contributed by atoms with Gasteiger partial charge in [0.05, 0.1) is 5.41 Å². The van der Waals surface area contributed by atoms with E-state index in [9.17, 15) is 0 Å². The molecule has 0 unspecified atom stereocenters. The van der Waals surface area contributed by atoms with Gasteiger partial charge in [0.25, 0.3) is 0 Å². The second-order valence-electron chi connectivity index (χ2n) is 6.48. The fraction of sp³-hybridized carbons (Fsp3) is 0.0800. The van der Waals surface area contributed by atoms with Crippen LogP contribution in [0.5, 0.6) is 0 Å². The third kappa shape index (κ3) is 3.00. The summed E-state index contributed by atoms with van der Waals surface area (Å²) in [6.07, 6.45) is 3.97. The summed E-state index contributed by atoms with van der Waals surface area (Å²) in [5.41, 5.74) is 4.37. The molecule has 2 heteroatoms. The van der Waals surface area contributed by atoms with Crippen LogP contribution in [0.1, 0.15) is 22.3 Å². The minimum absolute atomic E-state index is 0.439. The van der Waals surface area contributed by atoms with E-state index in [0.29, 0.717) is 0 Å². The zero-order valence-electron chi connectivity index (χ0n) is 15.3. The molecule has 0 aliphatic heterocycles. The van der Waals surface area contributed by atoms with Crippen LogP contribution in [0.4, 0.5) is 0 Å².